The minimum absolute atomic E-state index is 0.0944. The highest BCUT2D eigenvalue weighted by Crippen LogP contribution is 2.24. The molecule has 0 spiro atoms. The molecule has 0 saturated carbocycles. The lowest BCUT2D eigenvalue weighted by Crippen LogP contribution is -2.32. The molecule has 96 valence electrons. The van der Waals surface area contributed by atoms with E-state index in [0.717, 1.165) is 11.3 Å². The largest absolute Gasteiger partial charge is 0.496 e. The van der Waals surface area contributed by atoms with Crippen LogP contribution < -0.4 is 16.0 Å². The fourth-order valence-corrected chi connectivity index (χ4v) is 1.53. The summed E-state index contributed by atoms with van der Waals surface area (Å²) in [4.78, 5) is 0. The van der Waals surface area contributed by atoms with Gasteiger partial charge < -0.3 is 14.2 Å². The number of methoxy groups -OCH3 is 2. The molecular weight excluding hydrogens is 220 g/mol. The summed E-state index contributed by atoms with van der Waals surface area (Å²) in [6.45, 7) is 1.59. The summed E-state index contributed by atoms with van der Waals surface area (Å²) >= 11 is 0. The monoisotopic (exact) mass is 240 g/mol. The molecule has 5 nitrogen and oxygen atoms in total. The van der Waals surface area contributed by atoms with Crippen LogP contribution in [0, 0.1) is 0 Å². The van der Waals surface area contributed by atoms with E-state index in [4.69, 9.17) is 20.1 Å². The lowest BCUT2D eigenvalue weighted by molar-refractivity contribution is 0.0582. The zero-order chi connectivity index (χ0) is 12.5. The van der Waals surface area contributed by atoms with E-state index in [0.29, 0.717) is 19.8 Å². The van der Waals surface area contributed by atoms with Crippen molar-refractivity contribution in [2.24, 2.45) is 5.84 Å². The van der Waals surface area contributed by atoms with E-state index < -0.39 is 0 Å². The molecule has 1 unspecified atom stereocenters. The summed E-state index contributed by atoms with van der Waals surface area (Å²) < 4.78 is 15.6. The number of ether oxygens (including phenoxy) is 3. The predicted molar refractivity (Wildman–Crippen MR) is 65.8 cm³/mol. The van der Waals surface area contributed by atoms with Crippen LogP contribution in [0.2, 0.25) is 0 Å². The fourth-order valence-electron chi connectivity index (χ4n) is 1.53. The van der Waals surface area contributed by atoms with Crippen molar-refractivity contribution < 1.29 is 14.2 Å². The maximum atomic E-state index is 5.53. The van der Waals surface area contributed by atoms with Gasteiger partial charge in [0, 0.05) is 12.7 Å². The van der Waals surface area contributed by atoms with Crippen molar-refractivity contribution >= 4 is 0 Å². The number of hydrogen-bond acceptors (Lipinski definition) is 5. The number of hydrogen-bond donors (Lipinski definition) is 2. The number of benzene rings is 1. The normalized spacial score (nSPS) is 12.4. The summed E-state index contributed by atoms with van der Waals surface area (Å²) in [6.07, 6.45) is 0. The van der Waals surface area contributed by atoms with Gasteiger partial charge in [-0.2, -0.15) is 0 Å². The Labute approximate surface area is 102 Å². The van der Waals surface area contributed by atoms with Gasteiger partial charge in [0.1, 0.15) is 5.75 Å². The highest BCUT2D eigenvalue weighted by molar-refractivity contribution is 5.35. The molecule has 0 radical (unpaired) electrons. The molecule has 0 saturated heterocycles. The molecule has 5 heteroatoms. The van der Waals surface area contributed by atoms with Crippen molar-refractivity contribution in [2.45, 2.75) is 6.04 Å². The Hall–Kier alpha value is -1.14. The molecule has 1 aromatic rings. The Morgan fingerprint density at radius 3 is 2.65 bits per heavy atom. The number of rotatable bonds is 8. The SMILES string of the molecule is COCCOCC(NN)c1ccccc1OC. The average molecular weight is 240 g/mol. The fraction of sp³-hybridized carbons (Fsp3) is 0.500. The van der Waals surface area contributed by atoms with Crippen LogP contribution in [0.25, 0.3) is 0 Å². The molecule has 0 bridgehead atoms. The number of para-hydroxylation sites is 1. The Morgan fingerprint density at radius 2 is 2.00 bits per heavy atom. The first-order valence-corrected chi connectivity index (χ1v) is 5.49. The Kier molecular flexibility index (Phi) is 6.57. The van der Waals surface area contributed by atoms with E-state index in [2.05, 4.69) is 5.43 Å². The van der Waals surface area contributed by atoms with Crippen molar-refractivity contribution in [2.75, 3.05) is 34.0 Å². The quantitative estimate of drug-likeness (QED) is 0.401. The molecule has 0 aliphatic carbocycles. The Morgan fingerprint density at radius 1 is 1.24 bits per heavy atom. The minimum atomic E-state index is -0.0944. The zero-order valence-corrected chi connectivity index (χ0v) is 10.3. The molecule has 3 N–H and O–H groups in total. The van der Waals surface area contributed by atoms with Crippen molar-refractivity contribution in [3.8, 4) is 5.75 Å². The van der Waals surface area contributed by atoms with E-state index in [-0.39, 0.29) is 6.04 Å². The number of nitrogens with two attached hydrogens (primary N) is 1. The summed E-state index contributed by atoms with van der Waals surface area (Å²) in [6, 6.07) is 7.62. The van der Waals surface area contributed by atoms with E-state index >= 15 is 0 Å². The molecule has 0 aliphatic heterocycles. The molecule has 17 heavy (non-hydrogen) atoms. The smallest absolute Gasteiger partial charge is 0.123 e. The molecule has 1 atom stereocenters. The van der Waals surface area contributed by atoms with Crippen LogP contribution in [0.3, 0.4) is 0 Å². The standard InChI is InChI=1S/C12H20N2O3/c1-15-7-8-17-9-11(14-13)10-5-3-4-6-12(10)16-2/h3-6,11,14H,7-9,13H2,1-2H3. The van der Waals surface area contributed by atoms with E-state index in [1.165, 1.54) is 0 Å². The van der Waals surface area contributed by atoms with Crippen LogP contribution in [-0.4, -0.2) is 34.0 Å². The second-order valence-corrected chi connectivity index (χ2v) is 3.53. The molecule has 0 heterocycles. The first kappa shape index (κ1) is 13.9. The molecule has 0 fully saturated rings. The van der Waals surface area contributed by atoms with Crippen LogP contribution >= 0.6 is 0 Å². The maximum absolute atomic E-state index is 5.53. The van der Waals surface area contributed by atoms with E-state index in [9.17, 15) is 0 Å². The lowest BCUT2D eigenvalue weighted by Gasteiger charge is -2.18. The van der Waals surface area contributed by atoms with E-state index in [1.807, 2.05) is 24.3 Å². The van der Waals surface area contributed by atoms with Gasteiger partial charge in [0.15, 0.2) is 0 Å². The van der Waals surface area contributed by atoms with Crippen LogP contribution in [-0.2, 0) is 9.47 Å². The van der Waals surface area contributed by atoms with Crippen LogP contribution in [0.1, 0.15) is 11.6 Å². The second-order valence-electron chi connectivity index (χ2n) is 3.53. The number of hydrazine groups is 1. The second kappa shape index (κ2) is 8.03. The summed E-state index contributed by atoms with van der Waals surface area (Å²) in [5.74, 6) is 6.32. The summed E-state index contributed by atoms with van der Waals surface area (Å²) in [7, 11) is 3.28. The van der Waals surface area contributed by atoms with Gasteiger partial charge in [-0.1, -0.05) is 18.2 Å². The highest BCUT2D eigenvalue weighted by Gasteiger charge is 2.14. The molecule has 1 aromatic carbocycles. The van der Waals surface area contributed by atoms with Crippen molar-refractivity contribution in [1.29, 1.82) is 0 Å². The third kappa shape index (κ3) is 4.32. The van der Waals surface area contributed by atoms with Crippen molar-refractivity contribution in [3.63, 3.8) is 0 Å². The van der Waals surface area contributed by atoms with Gasteiger partial charge in [0.2, 0.25) is 0 Å². The molecular formula is C12H20N2O3. The minimum Gasteiger partial charge on any atom is -0.496 e. The molecule has 0 amide bonds. The van der Waals surface area contributed by atoms with Crippen molar-refractivity contribution in [3.05, 3.63) is 29.8 Å². The van der Waals surface area contributed by atoms with Gasteiger partial charge in [-0.3, -0.25) is 11.3 Å². The molecule has 1 rings (SSSR count). The van der Waals surface area contributed by atoms with Crippen molar-refractivity contribution in [1.82, 2.24) is 5.43 Å². The average Bonchev–Trinajstić information content (AvgIpc) is 2.39. The third-order valence-corrected chi connectivity index (χ3v) is 2.43. The Balaban J connectivity index is 2.59. The van der Waals surface area contributed by atoms with E-state index in [1.54, 1.807) is 14.2 Å². The van der Waals surface area contributed by atoms with Gasteiger partial charge in [-0.05, 0) is 6.07 Å². The van der Waals surface area contributed by atoms with Crippen LogP contribution in [0.5, 0.6) is 5.75 Å². The molecule has 0 aromatic heterocycles. The maximum Gasteiger partial charge on any atom is 0.123 e. The Bertz CT molecular complexity index is 320. The summed E-state index contributed by atoms with van der Waals surface area (Å²) in [5, 5.41) is 0. The highest BCUT2D eigenvalue weighted by atomic mass is 16.5. The van der Waals surface area contributed by atoms with Crippen LogP contribution in [0.4, 0.5) is 0 Å². The topological polar surface area (TPSA) is 65.7 Å². The van der Waals surface area contributed by atoms with Gasteiger partial charge >= 0.3 is 0 Å². The third-order valence-electron chi connectivity index (χ3n) is 2.43. The van der Waals surface area contributed by atoms with Gasteiger partial charge in [-0.15, -0.1) is 0 Å². The number of nitrogens with one attached hydrogen (secondary N) is 1. The molecule has 0 aliphatic rings. The van der Waals surface area contributed by atoms with Gasteiger partial charge in [0.25, 0.3) is 0 Å². The van der Waals surface area contributed by atoms with Gasteiger partial charge in [-0.25, -0.2) is 0 Å². The van der Waals surface area contributed by atoms with Gasteiger partial charge in [0.05, 0.1) is 33.0 Å². The van der Waals surface area contributed by atoms with Crippen LogP contribution in [0.15, 0.2) is 24.3 Å². The first-order chi connectivity index (χ1) is 8.33. The predicted octanol–water partition coefficient (Wildman–Crippen LogP) is 0.863. The lowest BCUT2D eigenvalue weighted by atomic mass is 10.1. The first-order valence-electron chi connectivity index (χ1n) is 5.49. The zero-order valence-electron chi connectivity index (χ0n) is 10.3. The summed E-state index contributed by atoms with van der Waals surface area (Å²) in [5.41, 5.74) is 3.71.